The molecule has 0 aliphatic carbocycles. The third-order valence-corrected chi connectivity index (χ3v) is 7.15. The Balaban J connectivity index is 1.40. The zero-order chi connectivity index (χ0) is 22.3. The van der Waals surface area contributed by atoms with Gasteiger partial charge in [-0.15, -0.1) is 11.8 Å². The number of guanidine groups is 1. The van der Waals surface area contributed by atoms with E-state index in [1.807, 2.05) is 24.4 Å². The first-order chi connectivity index (χ1) is 15.7. The number of benzene rings is 1. The molecule has 0 bridgehead atoms. The Bertz CT molecular complexity index is 961. The second kappa shape index (κ2) is 10.8. The number of hydrogen-bond donors (Lipinski definition) is 2. The summed E-state index contributed by atoms with van der Waals surface area (Å²) in [4.78, 5) is 17.7. The molecule has 1 saturated heterocycles. The van der Waals surface area contributed by atoms with Crippen molar-refractivity contribution < 1.29 is 4.74 Å². The molecule has 32 heavy (non-hydrogen) atoms. The Morgan fingerprint density at radius 2 is 2.16 bits per heavy atom. The first kappa shape index (κ1) is 22.6. The van der Waals surface area contributed by atoms with Crippen LogP contribution in [0.15, 0.2) is 56.0 Å². The highest BCUT2D eigenvalue weighted by atomic mass is 32.2. The molecule has 1 fully saturated rings. The van der Waals surface area contributed by atoms with E-state index in [0.29, 0.717) is 11.7 Å². The third-order valence-electron chi connectivity index (χ3n) is 5.93. The van der Waals surface area contributed by atoms with Gasteiger partial charge in [-0.1, -0.05) is 18.2 Å². The second-order valence-electron chi connectivity index (χ2n) is 8.11. The highest BCUT2D eigenvalue weighted by Gasteiger charge is 2.37. The van der Waals surface area contributed by atoms with Crippen molar-refractivity contribution in [3.8, 4) is 5.75 Å². The van der Waals surface area contributed by atoms with Crippen molar-refractivity contribution in [1.82, 2.24) is 10.2 Å². The summed E-state index contributed by atoms with van der Waals surface area (Å²) in [6, 6.07) is 8.08. The zero-order valence-electron chi connectivity index (χ0n) is 18.8. The van der Waals surface area contributed by atoms with Crippen LogP contribution in [-0.2, 0) is 0 Å². The molecule has 2 unspecified atom stereocenters. The van der Waals surface area contributed by atoms with Gasteiger partial charge < -0.3 is 20.7 Å². The normalized spacial score (nSPS) is 23.7. The van der Waals surface area contributed by atoms with Crippen LogP contribution in [0.4, 0.5) is 0 Å². The Kier molecular flexibility index (Phi) is 7.65. The average Bonchev–Trinajstić information content (AvgIpc) is 3.44. The minimum absolute atomic E-state index is 0.0206. The lowest BCUT2D eigenvalue weighted by molar-refractivity contribution is 0.336. The monoisotopic (exact) mass is 452 g/mol. The van der Waals surface area contributed by atoms with Crippen molar-refractivity contribution in [2.75, 3.05) is 33.3 Å². The van der Waals surface area contributed by atoms with Crippen LogP contribution >= 0.6 is 11.8 Å². The quantitative estimate of drug-likeness (QED) is 0.467. The van der Waals surface area contributed by atoms with E-state index in [4.69, 9.17) is 15.5 Å². The maximum absolute atomic E-state index is 5.83. The largest absolute Gasteiger partial charge is 0.496 e. The summed E-state index contributed by atoms with van der Waals surface area (Å²) in [6.07, 6.45) is 8.96. The van der Waals surface area contributed by atoms with E-state index < -0.39 is 0 Å². The van der Waals surface area contributed by atoms with Crippen LogP contribution in [-0.4, -0.2) is 67.9 Å². The number of allylic oxidation sites excluding steroid dienone is 2. The summed E-state index contributed by atoms with van der Waals surface area (Å²) in [6.45, 7) is 6.49. The van der Waals surface area contributed by atoms with Crippen molar-refractivity contribution in [3.05, 3.63) is 46.6 Å². The molecule has 8 heteroatoms. The molecule has 4 rings (SSSR count). The number of nitrogens with two attached hydrogens (primary N) is 1. The smallest absolute Gasteiger partial charge is 0.222 e. The topological polar surface area (TPSA) is 87.6 Å². The van der Waals surface area contributed by atoms with Crippen LogP contribution in [0.2, 0.25) is 0 Å². The van der Waals surface area contributed by atoms with E-state index in [0.717, 1.165) is 30.8 Å². The maximum Gasteiger partial charge on any atom is 0.222 e. The number of fused-ring (bicyclic) bond motifs is 1. The van der Waals surface area contributed by atoms with E-state index in [1.165, 1.54) is 42.6 Å². The number of aliphatic imine (C=N–C) groups is 3. The Morgan fingerprint density at radius 3 is 2.94 bits per heavy atom. The summed E-state index contributed by atoms with van der Waals surface area (Å²) in [7, 11) is 1.70. The molecule has 3 N–H and O–H groups in total. The number of nitrogens with one attached hydrogen (secondary N) is 1. The fourth-order valence-corrected chi connectivity index (χ4v) is 5.56. The molecule has 0 saturated carbocycles. The van der Waals surface area contributed by atoms with E-state index in [1.54, 1.807) is 25.1 Å². The van der Waals surface area contributed by atoms with Crippen molar-refractivity contribution in [1.29, 1.82) is 0 Å². The van der Waals surface area contributed by atoms with Crippen molar-refractivity contribution in [3.63, 3.8) is 0 Å². The Hall–Kier alpha value is -2.58. The molecule has 0 spiro atoms. The molecule has 0 amide bonds. The summed E-state index contributed by atoms with van der Waals surface area (Å²) in [5, 5.41) is 3.42. The fraction of sp³-hybridized carbons (Fsp3) is 0.458. The SMILES string of the molecule is COc1ccccc1C1=C(C)SC2C=NC(NC(C=NCCCN3CCCC3)=CN)=NC12. The van der Waals surface area contributed by atoms with Gasteiger partial charge in [-0.25, -0.2) is 9.98 Å². The summed E-state index contributed by atoms with van der Waals surface area (Å²) >= 11 is 1.80. The standard InChI is InChI=1S/C24H32N6OS/c1-17-22(19-8-3-4-9-20(19)31-2)23-21(32-17)16-27-24(29-23)28-18(14-25)15-26-10-7-13-30-11-5-6-12-30/h3-4,8-9,14-16,21,23H,5-7,10-13,25H2,1-2H3,(H,28,29). The van der Waals surface area contributed by atoms with Crippen LogP contribution in [0.1, 0.15) is 31.7 Å². The number of para-hydroxylation sites is 1. The zero-order valence-corrected chi connectivity index (χ0v) is 19.6. The van der Waals surface area contributed by atoms with Crippen LogP contribution in [0, 0.1) is 0 Å². The number of methoxy groups -OCH3 is 1. The van der Waals surface area contributed by atoms with Crippen LogP contribution < -0.4 is 15.8 Å². The minimum Gasteiger partial charge on any atom is -0.496 e. The maximum atomic E-state index is 5.83. The van der Waals surface area contributed by atoms with E-state index >= 15 is 0 Å². The molecule has 3 aliphatic rings. The molecule has 0 aromatic heterocycles. The summed E-state index contributed by atoms with van der Waals surface area (Å²) in [5.41, 5.74) is 8.80. The molecule has 3 heterocycles. The van der Waals surface area contributed by atoms with Gasteiger partial charge >= 0.3 is 0 Å². The predicted molar refractivity (Wildman–Crippen MR) is 136 cm³/mol. The summed E-state index contributed by atoms with van der Waals surface area (Å²) < 4.78 is 5.60. The minimum atomic E-state index is -0.0206. The van der Waals surface area contributed by atoms with Gasteiger partial charge in [-0.3, -0.25) is 4.99 Å². The molecule has 1 aromatic carbocycles. The number of nitrogens with zero attached hydrogens (tertiary/aromatic N) is 4. The van der Waals surface area contributed by atoms with Crippen molar-refractivity contribution in [2.45, 2.75) is 37.5 Å². The van der Waals surface area contributed by atoms with Gasteiger partial charge in [0.15, 0.2) is 0 Å². The van der Waals surface area contributed by atoms with Crippen LogP contribution in [0.3, 0.4) is 0 Å². The lowest BCUT2D eigenvalue weighted by atomic mass is 9.95. The first-order valence-corrected chi connectivity index (χ1v) is 12.1. The van der Waals surface area contributed by atoms with Gasteiger partial charge in [0, 0.05) is 30.7 Å². The lowest BCUT2D eigenvalue weighted by Gasteiger charge is -2.21. The molecule has 1 aromatic rings. The highest BCUT2D eigenvalue weighted by molar-refractivity contribution is 8.04. The van der Waals surface area contributed by atoms with Crippen molar-refractivity contribution in [2.24, 2.45) is 20.7 Å². The van der Waals surface area contributed by atoms with Gasteiger partial charge in [-0.05, 0) is 62.4 Å². The third kappa shape index (κ3) is 5.24. The predicted octanol–water partition coefficient (Wildman–Crippen LogP) is 3.30. The fourth-order valence-electron chi connectivity index (χ4n) is 4.35. The number of rotatable bonds is 8. The van der Waals surface area contributed by atoms with Gasteiger partial charge in [0.05, 0.1) is 24.1 Å². The van der Waals surface area contributed by atoms with E-state index in [-0.39, 0.29) is 11.3 Å². The summed E-state index contributed by atoms with van der Waals surface area (Å²) in [5.74, 6) is 1.41. The van der Waals surface area contributed by atoms with Crippen molar-refractivity contribution >= 4 is 35.7 Å². The van der Waals surface area contributed by atoms with Gasteiger partial charge in [0.25, 0.3) is 0 Å². The molecule has 170 valence electrons. The second-order valence-corrected chi connectivity index (χ2v) is 9.51. The molecular weight excluding hydrogens is 420 g/mol. The van der Waals surface area contributed by atoms with Crippen LogP contribution in [0.5, 0.6) is 5.75 Å². The molecular formula is C24H32N6OS. The lowest BCUT2D eigenvalue weighted by Crippen LogP contribution is -2.32. The van der Waals surface area contributed by atoms with E-state index in [9.17, 15) is 0 Å². The molecule has 2 atom stereocenters. The first-order valence-electron chi connectivity index (χ1n) is 11.2. The molecule has 0 radical (unpaired) electrons. The van der Waals surface area contributed by atoms with Crippen LogP contribution in [0.25, 0.3) is 5.57 Å². The Labute approximate surface area is 194 Å². The Morgan fingerprint density at radius 1 is 1.34 bits per heavy atom. The number of likely N-dealkylation sites (tertiary alicyclic amines) is 1. The van der Waals surface area contributed by atoms with Gasteiger partial charge in [0.2, 0.25) is 5.96 Å². The van der Waals surface area contributed by atoms with Gasteiger partial charge in [0.1, 0.15) is 5.75 Å². The molecule has 3 aliphatic heterocycles. The average molecular weight is 453 g/mol. The number of hydrogen-bond acceptors (Lipinski definition) is 8. The number of thioether (sulfide) groups is 1. The highest BCUT2D eigenvalue weighted by Crippen LogP contribution is 2.46. The van der Waals surface area contributed by atoms with Gasteiger partial charge in [-0.2, -0.15) is 0 Å². The molecule has 7 nitrogen and oxygen atoms in total. The number of ether oxygens (including phenoxy) is 1. The van der Waals surface area contributed by atoms with E-state index in [2.05, 4.69) is 33.2 Å².